The van der Waals surface area contributed by atoms with Crippen LogP contribution in [0.3, 0.4) is 0 Å². The van der Waals surface area contributed by atoms with E-state index in [1.165, 1.54) is 13.1 Å². The van der Waals surface area contributed by atoms with E-state index in [4.69, 9.17) is 9.31 Å². The summed E-state index contributed by atoms with van der Waals surface area (Å²) in [5, 5.41) is 16.3. The van der Waals surface area contributed by atoms with Crippen LogP contribution in [0.4, 0.5) is 0 Å². The highest BCUT2D eigenvalue weighted by Gasteiger charge is 2.68. The van der Waals surface area contributed by atoms with Crippen LogP contribution < -0.4 is 10.6 Å². The normalized spacial score (nSPS) is 28.7. The second-order valence-electron chi connectivity index (χ2n) is 13.1. The van der Waals surface area contributed by atoms with E-state index in [9.17, 15) is 14.7 Å². The molecule has 0 unspecified atom stereocenters. The lowest BCUT2D eigenvalue weighted by Crippen LogP contribution is -2.65. The molecule has 4 fully saturated rings. The smallest absolute Gasteiger partial charge is 0.404 e. The largest absolute Gasteiger partial charge is 0.481 e. The molecule has 1 aliphatic heterocycles. The highest BCUT2D eigenvalue weighted by Crippen LogP contribution is 2.65. The Morgan fingerprint density at radius 2 is 1.80 bits per heavy atom. The number of nitrogens with one attached hydrogen (secondary N) is 2. The van der Waals surface area contributed by atoms with Gasteiger partial charge >= 0.3 is 7.12 Å². The maximum Gasteiger partial charge on any atom is 0.481 e. The summed E-state index contributed by atoms with van der Waals surface area (Å²) in [4.78, 5) is 31.0. The molecule has 3 saturated carbocycles. The molecule has 6 rings (SSSR count). The third-order valence-electron chi connectivity index (χ3n) is 9.51. The Labute approximate surface area is 237 Å². The molecule has 9 heteroatoms. The zero-order valence-electron chi connectivity index (χ0n) is 24.4. The van der Waals surface area contributed by atoms with Crippen molar-refractivity contribution in [3.63, 3.8) is 0 Å². The summed E-state index contributed by atoms with van der Waals surface area (Å²) in [5.74, 6) is -0.0748. The topological polar surface area (TPSA) is 110 Å². The summed E-state index contributed by atoms with van der Waals surface area (Å²) in [6.45, 7) is 12.5. The third kappa shape index (κ3) is 5.31. The Hall–Kier alpha value is -2.75. The van der Waals surface area contributed by atoms with E-state index in [-0.39, 0.29) is 17.4 Å². The van der Waals surface area contributed by atoms with Gasteiger partial charge in [0.1, 0.15) is 6.04 Å². The van der Waals surface area contributed by atoms with E-state index in [1.54, 1.807) is 12.3 Å². The number of carbonyl (C=O) groups is 2. The van der Waals surface area contributed by atoms with Gasteiger partial charge in [-0.25, -0.2) is 0 Å². The van der Waals surface area contributed by atoms with Crippen LogP contribution in [-0.4, -0.2) is 58.8 Å². The van der Waals surface area contributed by atoms with Crippen molar-refractivity contribution in [3.8, 4) is 11.1 Å². The second kappa shape index (κ2) is 10.9. The van der Waals surface area contributed by atoms with Crippen molar-refractivity contribution in [2.24, 2.45) is 23.2 Å². The molecule has 1 aromatic carbocycles. The number of hydrogen-bond acceptors (Lipinski definition) is 6. The van der Waals surface area contributed by atoms with Crippen molar-refractivity contribution in [1.82, 2.24) is 15.6 Å². The van der Waals surface area contributed by atoms with Gasteiger partial charge in [0.2, 0.25) is 5.91 Å². The monoisotopic (exact) mass is 547 g/mol. The molecule has 7 atom stereocenters. The van der Waals surface area contributed by atoms with E-state index in [0.29, 0.717) is 23.8 Å². The number of aromatic nitrogens is 1. The van der Waals surface area contributed by atoms with Gasteiger partial charge in [0, 0.05) is 18.0 Å². The molecule has 214 valence electrons. The van der Waals surface area contributed by atoms with Crippen LogP contribution >= 0.6 is 0 Å². The number of aliphatic hydroxyl groups is 1. The third-order valence-corrected chi connectivity index (χ3v) is 9.51. The number of nitrogens with zero attached hydrogens (tertiary/aromatic N) is 1. The van der Waals surface area contributed by atoms with Gasteiger partial charge < -0.3 is 25.0 Å². The zero-order valence-corrected chi connectivity index (χ0v) is 24.4. The zero-order chi connectivity index (χ0) is 28.8. The van der Waals surface area contributed by atoms with Crippen molar-refractivity contribution in [2.45, 2.75) is 90.6 Å². The molecule has 0 spiro atoms. The lowest BCUT2D eigenvalue weighted by molar-refractivity contribution is -0.199. The number of aliphatic hydroxyl groups excluding tert-OH is 1. The SMILES string of the molecule is CC(C)C[C@H](NC(=O)[C@@H](NC(=O)c1cncc(-c2ccccc2)c1)[C@@H](C)O)B1O[C@@H]2C[C@H]3C[C@H](C3(C)C)[C@]2(C)O1. The number of hydrogen-bond donors (Lipinski definition) is 3. The maximum absolute atomic E-state index is 13.5. The molecule has 4 aliphatic rings. The number of amides is 2. The molecule has 2 heterocycles. The molecule has 2 bridgehead atoms. The standard InChI is InChI=1S/C31H42BN3O5/c1-18(2)12-26(32-39-25-15-23-14-24(30(23,4)5)31(25,6)40-32)34-29(38)27(19(3)36)35-28(37)22-13-21(16-33-17-22)20-10-8-7-9-11-20/h7-11,13,16-19,23-27,36H,12,14-15H2,1-6H3,(H,34,38)(H,35,37)/t19-,23-,24-,25-,26+,27+,31+/m1/s1. The van der Waals surface area contributed by atoms with Crippen LogP contribution in [-0.2, 0) is 14.1 Å². The minimum Gasteiger partial charge on any atom is -0.404 e. The van der Waals surface area contributed by atoms with Crippen molar-refractivity contribution in [3.05, 3.63) is 54.4 Å². The van der Waals surface area contributed by atoms with E-state index >= 15 is 0 Å². The predicted molar refractivity (Wildman–Crippen MR) is 154 cm³/mol. The fourth-order valence-corrected chi connectivity index (χ4v) is 7.07. The average Bonchev–Trinajstić information content (AvgIpc) is 3.28. The van der Waals surface area contributed by atoms with Crippen LogP contribution in [0.25, 0.3) is 11.1 Å². The minimum absolute atomic E-state index is 0.00232. The molecule has 2 amide bonds. The van der Waals surface area contributed by atoms with Gasteiger partial charge in [-0.2, -0.15) is 0 Å². The Balaban J connectivity index is 1.29. The summed E-state index contributed by atoms with van der Waals surface area (Å²) in [7, 11) is -0.589. The van der Waals surface area contributed by atoms with E-state index in [2.05, 4.69) is 50.2 Å². The van der Waals surface area contributed by atoms with Gasteiger partial charge in [0.15, 0.2) is 0 Å². The molecule has 1 aromatic heterocycles. The van der Waals surface area contributed by atoms with Gasteiger partial charge in [-0.05, 0) is 67.9 Å². The molecule has 0 radical (unpaired) electrons. The Bertz CT molecular complexity index is 1240. The second-order valence-corrected chi connectivity index (χ2v) is 13.1. The molecule has 1 saturated heterocycles. The molecular formula is C31H42BN3O5. The number of rotatable bonds is 9. The van der Waals surface area contributed by atoms with Crippen LogP contribution in [0.1, 0.15) is 71.2 Å². The maximum atomic E-state index is 13.5. The summed E-state index contributed by atoms with van der Waals surface area (Å²) in [6.07, 6.45) is 4.77. The summed E-state index contributed by atoms with van der Waals surface area (Å²) in [5.41, 5.74) is 1.85. The van der Waals surface area contributed by atoms with Crippen molar-refractivity contribution in [2.75, 3.05) is 0 Å². The number of benzene rings is 1. The molecule has 40 heavy (non-hydrogen) atoms. The summed E-state index contributed by atoms with van der Waals surface area (Å²) < 4.78 is 13.1. The first-order valence-corrected chi connectivity index (χ1v) is 14.5. The Morgan fingerprint density at radius 3 is 2.45 bits per heavy atom. The fraction of sp³-hybridized carbons (Fsp3) is 0.581. The van der Waals surface area contributed by atoms with Crippen LogP contribution in [0, 0.1) is 23.2 Å². The first-order valence-electron chi connectivity index (χ1n) is 14.5. The first kappa shape index (κ1) is 28.8. The van der Waals surface area contributed by atoms with Gasteiger partial charge in [-0.1, -0.05) is 58.0 Å². The van der Waals surface area contributed by atoms with Gasteiger partial charge in [-0.15, -0.1) is 0 Å². The van der Waals surface area contributed by atoms with Gasteiger partial charge in [0.25, 0.3) is 5.91 Å². The summed E-state index contributed by atoms with van der Waals surface area (Å²) in [6, 6.07) is 10.2. The average molecular weight is 548 g/mol. The predicted octanol–water partition coefficient (Wildman–Crippen LogP) is 4.03. The minimum atomic E-state index is -1.16. The van der Waals surface area contributed by atoms with Crippen molar-refractivity contribution < 1.29 is 24.0 Å². The van der Waals surface area contributed by atoms with Crippen molar-refractivity contribution in [1.29, 1.82) is 0 Å². The number of carbonyl (C=O) groups excluding carboxylic acids is 2. The molecule has 3 aliphatic carbocycles. The lowest BCUT2D eigenvalue weighted by atomic mass is 9.43. The van der Waals surface area contributed by atoms with E-state index in [0.717, 1.165) is 24.0 Å². The highest BCUT2D eigenvalue weighted by atomic mass is 16.7. The number of pyridine rings is 1. The Kier molecular flexibility index (Phi) is 7.85. The first-order chi connectivity index (χ1) is 18.9. The lowest BCUT2D eigenvalue weighted by Gasteiger charge is -2.64. The van der Waals surface area contributed by atoms with E-state index in [1.807, 2.05) is 30.3 Å². The van der Waals surface area contributed by atoms with Gasteiger partial charge in [-0.3, -0.25) is 14.6 Å². The van der Waals surface area contributed by atoms with Gasteiger partial charge in [0.05, 0.1) is 29.3 Å². The molecule has 2 aromatic rings. The highest BCUT2D eigenvalue weighted by molar-refractivity contribution is 6.48. The molecular weight excluding hydrogens is 505 g/mol. The molecule has 8 nitrogen and oxygen atoms in total. The quantitative estimate of drug-likeness (QED) is 0.409. The molecule has 3 N–H and O–H groups in total. The fourth-order valence-electron chi connectivity index (χ4n) is 7.07. The van der Waals surface area contributed by atoms with E-state index < -0.39 is 42.6 Å². The Morgan fingerprint density at radius 1 is 1.07 bits per heavy atom. The van der Waals surface area contributed by atoms with Crippen LogP contribution in [0.2, 0.25) is 0 Å². The van der Waals surface area contributed by atoms with Crippen LogP contribution in [0.5, 0.6) is 0 Å². The van der Waals surface area contributed by atoms with Crippen LogP contribution in [0.15, 0.2) is 48.8 Å². The van der Waals surface area contributed by atoms with Crippen molar-refractivity contribution >= 4 is 18.9 Å². The summed E-state index contributed by atoms with van der Waals surface area (Å²) >= 11 is 0.